The van der Waals surface area contributed by atoms with E-state index in [1.807, 2.05) is 0 Å². The van der Waals surface area contributed by atoms with Gasteiger partial charge >= 0.3 is 0 Å². The van der Waals surface area contributed by atoms with Crippen molar-refractivity contribution in [3.05, 3.63) is 35.4 Å². The van der Waals surface area contributed by atoms with E-state index in [0.717, 1.165) is 38.6 Å². The van der Waals surface area contributed by atoms with Gasteiger partial charge in [-0.2, -0.15) is 0 Å². The molecule has 2 aliphatic rings. The van der Waals surface area contributed by atoms with Gasteiger partial charge in [0.05, 0.1) is 13.2 Å². The smallest absolute Gasteiger partial charge is 0.0623 e. The number of hydrogen-bond acceptors (Lipinski definition) is 3. The molecular formula is C21H34N2O. The first-order chi connectivity index (χ1) is 11.5. The standard InChI is InChI=1S/C21H34N2O/c1-21(2,3)17-9-7-16(8-10-17)11-12-22-19-6-4-5-18(19)20-15-24-14-13-23-20/h7-10,18-20,22-23H,4-6,11-15H2,1-3H3. The SMILES string of the molecule is CC(C)(C)c1ccc(CCNC2CCCC2C2COCCN2)cc1. The van der Waals surface area contributed by atoms with E-state index in [-0.39, 0.29) is 5.41 Å². The highest BCUT2D eigenvalue weighted by molar-refractivity contribution is 5.27. The van der Waals surface area contributed by atoms with Gasteiger partial charge in [0.2, 0.25) is 0 Å². The summed E-state index contributed by atoms with van der Waals surface area (Å²) in [5, 5.41) is 7.48. The monoisotopic (exact) mass is 330 g/mol. The molecule has 1 saturated heterocycles. The van der Waals surface area contributed by atoms with Gasteiger partial charge in [-0.15, -0.1) is 0 Å². The van der Waals surface area contributed by atoms with Gasteiger partial charge in [-0.05, 0) is 48.3 Å². The van der Waals surface area contributed by atoms with E-state index >= 15 is 0 Å². The van der Waals surface area contributed by atoms with E-state index in [0.29, 0.717) is 12.1 Å². The first-order valence-corrected chi connectivity index (χ1v) is 9.68. The van der Waals surface area contributed by atoms with Crippen LogP contribution in [0.15, 0.2) is 24.3 Å². The molecule has 3 heteroatoms. The minimum atomic E-state index is 0.239. The van der Waals surface area contributed by atoms with Crippen molar-refractivity contribution in [2.75, 3.05) is 26.3 Å². The average molecular weight is 331 g/mol. The molecule has 134 valence electrons. The first kappa shape index (κ1) is 17.9. The zero-order chi connectivity index (χ0) is 17.0. The van der Waals surface area contributed by atoms with Gasteiger partial charge in [-0.3, -0.25) is 0 Å². The van der Waals surface area contributed by atoms with Gasteiger partial charge < -0.3 is 15.4 Å². The van der Waals surface area contributed by atoms with Gasteiger partial charge in [0, 0.05) is 18.6 Å². The number of ether oxygens (including phenoxy) is 1. The average Bonchev–Trinajstić information content (AvgIpc) is 3.04. The fraction of sp³-hybridized carbons (Fsp3) is 0.714. The van der Waals surface area contributed by atoms with Crippen molar-refractivity contribution in [2.24, 2.45) is 5.92 Å². The minimum Gasteiger partial charge on any atom is -0.379 e. The Labute approximate surface area is 147 Å². The minimum absolute atomic E-state index is 0.239. The van der Waals surface area contributed by atoms with Crippen LogP contribution >= 0.6 is 0 Å². The maximum atomic E-state index is 5.66. The van der Waals surface area contributed by atoms with Crippen LogP contribution in [0.4, 0.5) is 0 Å². The highest BCUT2D eigenvalue weighted by Gasteiger charge is 2.34. The van der Waals surface area contributed by atoms with Crippen molar-refractivity contribution < 1.29 is 4.74 Å². The molecule has 24 heavy (non-hydrogen) atoms. The van der Waals surface area contributed by atoms with Crippen molar-refractivity contribution in [3.63, 3.8) is 0 Å². The van der Waals surface area contributed by atoms with E-state index in [4.69, 9.17) is 4.74 Å². The molecule has 0 radical (unpaired) electrons. The summed E-state index contributed by atoms with van der Waals surface area (Å²) in [6.07, 6.45) is 5.10. The number of nitrogens with one attached hydrogen (secondary N) is 2. The van der Waals surface area contributed by atoms with Crippen molar-refractivity contribution in [3.8, 4) is 0 Å². The molecule has 1 saturated carbocycles. The summed E-state index contributed by atoms with van der Waals surface area (Å²) in [7, 11) is 0. The summed E-state index contributed by atoms with van der Waals surface area (Å²) < 4.78 is 5.66. The van der Waals surface area contributed by atoms with E-state index in [1.54, 1.807) is 0 Å². The molecule has 0 amide bonds. The van der Waals surface area contributed by atoms with E-state index in [9.17, 15) is 0 Å². The van der Waals surface area contributed by atoms with Crippen LogP contribution in [0.5, 0.6) is 0 Å². The number of rotatable bonds is 5. The Kier molecular flexibility index (Phi) is 5.96. The molecule has 3 unspecified atom stereocenters. The molecule has 1 aliphatic heterocycles. The molecule has 2 N–H and O–H groups in total. The van der Waals surface area contributed by atoms with Crippen LogP contribution in [-0.4, -0.2) is 38.4 Å². The van der Waals surface area contributed by atoms with Crippen molar-refractivity contribution in [1.29, 1.82) is 0 Å². The van der Waals surface area contributed by atoms with Gasteiger partial charge in [0.15, 0.2) is 0 Å². The normalized spacial score (nSPS) is 28.2. The fourth-order valence-electron chi connectivity index (χ4n) is 4.16. The zero-order valence-electron chi connectivity index (χ0n) is 15.6. The maximum Gasteiger partial charge on any atom is 0.0623 e. The summed E-state index contributed by atoms with van der Waals surface area (Å²) in [5.74, 6) is 0.730. The summed E-state index contributed by atoms with van der Waals surface area (Å²) in [6.45, 7) is 10.6. The Morgan fingerprint density at radius 2 is 1.96 bits per heavy atom. The lowest BCUT2D eigenvalue weighted by atomic mass is 9.86. The summed E-state index contributed by atoms with van der Waals surface area (Å²) in [5.41, 5.74) is 3.09. The molecule has 3 rings (SSSR count). The Morgan fingerprint density at radius 1 is 1.17 bits per heavy atom. The molecule has 0 aromatic heterocycles. The lowest BCUT2D eigenvalue weighted by molar-refractivity contribution is 0.0526. The van der Waals surface area contributed by atoms with Crippen LogP contribution in [-0.2, 0) is 16.6 Å². The van der Waals surface area contributed by atoms with Crippen LogP contribution in [0.2, 0.25) is 0 Å². The van der Waals surface area contributed by atoms with Gasteiger partial charge in [0.1, 0.15) is 0 Å². The number of morpholine rings is 1. The fourth-order valence-corrected chi connectivity index (χ4v) is 4.16. The van der Waals surface area contributed by atoms with Crippen LogP contribution in [0, 0.1) is 5.92 Å². The summed E-state index contributed by atoms with van der Waals surface area (Å²) >= 11 is 0. The lowest BCUT2D eigenvalue weighted by Crippen LogP contribution is -2.51. The van der Waals surface area contributed by atoms with Crippen LogP contribution in [0.3, 0.4) is 0 Å². The Bertz CT molecular complexity index is 500. The number of benzene rings is 1. The number of hydrogen-bond donors (Lipinski definition) is 2. The third-order valence-corrected chi connectivity index (χ3v) is 5.68. The van der Waals surface area contributed by atoms with Crippen LogP contribution in [0.25, 0.3) is 0 Å². The third kappa shape index (κ3) is 4.59. The van der Waals surface area contributed by atoms with Crippen molar-refractivity contribution >= 4 is 0 Å². The molecule has 3 atom stereocenters. The zero-order valence-corrected chi connectivity index (χ0v) is 15.6. The van der Waals surface area contributed by atoms with Crippen molar-refractivity contribution in [1.82, 2.24) is 10.6 Å². The molecule has 1 aromatic rings. The second-order valence-electron chi connectivity index (χ2n) is 8.49. The molecule has 0 bridgehead atoms. The van der Waals surface area contributed by atoms with Crippen LogP contribution in [0.1, 0.15) is 51.2 Å². The van der Waals surface area contributed by atoms with E-state index in [2.05, 4.69) is 55.7 Å². The largest absolute Gasteiger partial charge is 0.379 e. The molecular weight excluding hydrogens is 296 g/mol. The van der Waals surface area contributed by atoms with E-state index in [1.165, 1.54) is 30.4 Å². The van der Waals surface area contributed by atoms with Crippen LogP contribution < -0.4 is 10.6 Å². The summed E-state index contributed by atoms with van der Waals surface area (Å²) in [4.78, 5) is 0. The molecule has 1 heterocycles. The van der Waals surface area contributed by atoms with Gasteiger partial charge in [-0.1, -0.05) is 51.5 Å². The molecule has 2 fully saturated rings. The van der Waals surface area contributed by atoms with Gasteiger partial charge in [0.25, 0.3) is 0 Å². The predicted octanol–water partition coefficient (Wildman–Crippen LogP) is 3.27. The predicted molar refractivity (Wildman–Crippen MR) is 101 cm³/mol. The second-order valence-corrected chi connectivity index (χ2v) is 8.49. The lowest BCUT2D eigenvalue weighted by Gasteiger charge is -2.33. The quantitative estimate of drug-likeness (QED) is 0.869. The first-order valence-electron chi connectivity index (χ1n) is 9.68. The molecule has 3 nitrogen and oxygen atoms in total. The Balaban J connectivity index is 1.47. The third-order valence-electron chi connectivity index (χ3n) is 5.68. The highest BCUT2D eigenvalue weighted by atomic mass is 16.5. The Hall–Kier alpha value is -0.900. The van der Waals surface area contributed by atoms with Crippen molar-refractivity contribution in [2.45, 2.75) is 64.0 Å². The molecule has 1 aliphatic carbocycles. The Morgan fingerprint density at radius 3 is 2.62 bits per heavy atom. The summed E-state index contributed by atoms with van der Waals surface area (Å²) in [6, 6.07) is 10.4. The molecule has 0 spiro atoms. The maximum absolute atomic E-state index is 5.66. The highest BCUT2D eigenvalue weighted by Crippen LogP contribution is 2.29. The second kappa shape index (κ2) is 7.99. The van der Waals surface area contributed by atoms with Gasteiger partial charge in [-0.25, -0.2) is 0 Å². The van der Waals surface area contributed by atoms with E-state index < -0.39 is 0 Å². The molecule has 1 aromatic carbocycles. The topological polar surface area (TPSA) is 33.3 Å².